The number of halogens is 2. The summed E-state index contributed by atoms with van der Waals surface area (Å²) < 4.78 is 0. The molecule has 0 unspecified atom stereocenters. The zero-order chi connectivity index (χ0) is 9.56. The van der Waals surface area contributed by atoms with E-state index in [4.69, 9.17) is 28.3 Å². The minimum Gasteiger partial charge on any atom is -0.396 e. The predicted octanol–water partition coefficient (Wildman–Crippen LogP) is 3.19. The summed E-state index contributed by atoms with van der Waals surface area (Å²) >= 11 is 11.5. The Balaban J connectivity index is 4.67. The lowest BCUT2D eigenvalue weighted by molar-refractivity contribution is 0.300. The Hall–Kier alpha value is -0.240. The predicted molar refractivity (Wildman–Crippen MR) is 54.4 cm³/mol. The van der Waals surface area contributed by atoms with Crippen molar-refractivity contribution in [2.75, 3.05) is 6.61 Å². The molecule has 0 spiro atoms. The molecule has 0 aliphatic heterocycles. The van der Waals surface area contributed by atoms with Crippen LogP contribution < -0.4 is 0 Å². The van der Waals surface area contributed by atoms with Gasteiger partial charge in [0.25, 0.3) is 0 Å². The molecule has 0 aromatic heterocycles. The third-order valence-electron chi connectivity index (χ3n) is 1.29. The van der Waals surface area contributed by atoms with Crippen molar-refractivity contribution in [3.63, 3.8) is 0 Å². The van der Waals surface area contributed by atoms with Gasteiger partial charge in [-0.2, -0.15) is 0 Å². The molecule has 1 nitrogen and oxygen atoms in total. The maximum absolute atomic E-state index is 8.69. The molecule has 0 fully saturated rings. The van der Waals surface area contributed by atoms with Gasteiger partial charge in [-0.15, -0.1) is 0 Å². The molecule has 0 aliphatic rings. The fourth-order valence-electron chi connectivity index (χ4n) is 0.743. The van der Waals surface area contributed by atoms with Crippen LogP contribution in [0.2, 0.25) is 0 Å². The fraction of sp³-hybridized carbons (Fsp3) is 0.333. The zero-order valence-corrected chi connectivity index (χ0v) is 8.49. The molecule has 12 heavy (non-hydrogen) atoms. The number of rotatable bonds is 4. The van der Waals surface area contributed by atoms with Crippen molar-refractivity contribution in [3.8, 4) is 0 Å². The SMILES string of the molecule is C=C(Cl)/C(CCO)=C(Cl)\C=C/C. The van der Waals surface area contributed by atoms with E-state index in [2.05, 4.69) is 6.58 Å². The normalized spacial score (nSPS) is 13.3. The summed E-state index contributed by atoms with van der Waals surface area (Å²) in [5, 5.41) is 9.60. The third-order valence-corrected chi connectivity index (χ3v) is 1.87. The topological polar surface area (TPSA) is 20.2 Å². The minimum absolute atomic E-state index is 0.0227. The van der Waals surface area contributed by atoms with Gasteiger partial charge in [-0.1, -0.05) is 35.9 Å². The number of hydrogen-bond acceptors (Lipinski definition) is 1. The monoisotopic (exact) mass is 206 g/mol. The second-order valence-electron chi connectivity index (χ2n) is 2.20. The summed E-state index contributed by atoms with van der Waals surface area (Å²) in [6, 6.07) is 0. The van der Waals surface area contributed by atoms with Crippen molar-refractivity contribution in [1.29, 1.82) is 0 Å². The Labute approximate surface area is 83.0 Å². The van der Waals surface area contributed by atoms with E-state index in [1.807, 2.05) is 6.92 Å². The van der Waals surface area contributed by atoms with Crippen LogP contribution in [0.4, 0.5) is 0 Å². The van der Waals surface area contributed by atoms with E-state index >= 15 is 0 Å². The first-order chi connectivity index (χ1) is 5.63. The van der Waals surface area contributed by atoms with Crippen molar-refractivity contribution in [2.24, 2.45) is 0 Å². The summed E-state index contributed by atoms with van der Waals surface area (Å²) in [7, 11) is 0. The van der Waals surface area contributed by atoms with E-state index in [0.717, 1.165) is 0 Å². The largest absolute Gasteiger partial charge is 0.396 e. The molecule has 0 heterocycles. The Kier molecular flexibility index (Phi) is 6.17. The van der Waals surface area contributed by atoms with Crippen LogP contribution in [0.15, 0.2) is 34.4 Å². The average molecular weight is 207 g/mol. The Morgan fingerprint density at radius 2 is 2.08 bits per heavy atom. The minimum atomic E-state index is 0.0227. The molecule has 0 radical (unpaired) electrons. The van der Waals surface area contributed by atoms with Crippen LogP contribution in [0.5, 0.6) is 0 Å². The molecule has 0 atom stereocenters. The molecule has 0 rings (SSSR count). The fourth-order valence-corrected chi connectivity index (χ4v) is 1.32. The van der Waals surface area contributed by atoms with Crippen LogP contribution in [-0.2, 0) is 0 Å². The van der Waals surface area contributed by atoms with Gasteiger partial charge in [-0.05, 0) is 25.0 Å². The van der Waals surface area contributed by atoms with Crippen LogP contribution in [-0.4, -0.2) is 11.7 Å². The highest BCUT2D eigenvalue weighted by atomic mass is 35.5. The van der Waals surface area contributed by atoms with Gasteiger partial charge < -0.3 is 5.11 Å². The van der Waals surface area contributed by atoms with E-state index in [1.165, 1.54) is 0 Å². The first-order valence-corrected chi connectivity index (χ1v) is 4.36. The standard InChI is InChI=1S/C9H12Cl2O/c1-3-4-9(11)8(5-6-12)7(2)10/h3-4,12H,2,5-6H2,1H3/b4-3-,9-8+. The summed E-state index contributed by atoms with van der Waals surface area (Å²) in [6.45, 7) is 5.44. The molecule has 0 aliphatic carbocycles. The highest BCUT2D eigenvalue weighted by molar-refractivity contribution is 6.36. The first-order valence-electron chi connectivity index (χ1n) is 3.60. The van der Waals surface area contributed by atoms with Crippen LogP contribution in [0.25, 0.3) is 0 Å². The summed E-state index contributed by atoms with van der Waals surface area (Å²) in [5.41, 5.74) is 0.693. The van der Waals surface area contributed by atoms with Crippen LogP contribution in [0.1, 0.15) is 13.3 Å². The summed E-state index contributed by atoms with van der Waals surface area (Å²) in [4.78, 5) is 0. The van der Waals surface area contributed by atoms with Crippen LogP contribution in [0.3, 0.4) is 0 Å². The number of aliphatic hydroxyl groups excluding tert-OH is 1. The number of hydrogen-bond donors (Lipinski definition) is 1. The molecular weight excluding hydrogens is 195 g/mol. The van der Waals surface area contributed by atoms with Gasteiger partial charge in [0.15, 0.2) is 0 Å². The highest BCUT2D eigenvalue weighted by Crippen LogP contribution is 2.23. The highest BCUT2D eigenvalue weighted by Gasteiger charge is 2.03. The molecule has 1 N–H and O–H groups in total. The quantitative estimate of drug-likeness (QED) is 0.702. The van der Waals surface area contributed by atoms with Gasteiger partial charge in [0.2, 0.25) is 0 Å². The van der Waals surface area contributed by atoms with Crippen molar-refractivity contribution in [1.82, 2.24) is 0 Å². The molecule has 0 bridgehead atoms. The van der Waals surface area contributed by atoms with Gasteiger partial charge in [0.1, 0.15) is 0 Å². The van der Waals surface area contributed by atoms with E-state index in [9.17, 15) is 0 Å². The average Bonchev–Trinajstić information content (AvgIpc) is 1.99. The maximum atomic E-state index is 8.69. The Bertz CT molecular complexity index is 217. The van der Waals surface area contributed by atoms with E-state index in [1.54, 1.807) is 12.2 Å². The summed E-state index contributed by atoms with van der Waals surface area (Å²) in [5.74, 6) is 0. The molecule has 0 aromatic carbocycles. The molecule has 3 heteroatoms. The molecule has 0 saturated heterocycles. The van der Waals surface area contributed by atoms with Crippen molar-refractivity contribution < 1.29 is 5.11 Å². The lowest BCUT2D eigenvalue weighted by Crippen LogP contribution is -1.90. The van der Waals surface area contributed by atoms with Crippen molar-refractivity contribution in [2.45, 2.75) is 13.3 Å². The maximum Gasteiger partial charge on any atom is 0.0472 e. The van der Waals surface area contributed by atoms with Gasteiger partial charge >= 0.3 is 0 Å². The van der Waals surface area contributed by atoms with E-state index in [-0.39, 0.29) is 6.61 Å². The third kappa shape index (κ3) is 3.96. The lowest BCUT2D eigenvalue weighted by atomic mass is 10.1. The van der Waals surface area contributed by atoms with Gasteiger partial charge in [-0.25, -0.2) is 0 Å². The van der Waals surface area contributed by atoms with Crippen LogP contribution in [0, 0.1) is 0 Å². The zero-order valence-electron chi connectivity index (χ0n) is 6.98. The van der Waals surface area contributed by atoms with Gasteiger partial charge in [0.05, 0.1) is 0 Å². The molecule has 0 saturated carbocycles. The number of aliphatic hydroxyl groups is 1. The van der Waals surface area contributed by atoms with Gasteiger partial charge in [-0.3, -0.25) is 0 Å². The Morgan fingerprint density at radius 1 is 1.50 bits per heavy atom. The summed E-state index contributed by atoms with van der Waals surface area (Å²) in [6.07, 6.45) is 3.96. The second-order valence-corrected chi connectivity index (χ2v) is 3.07. The first kappa shape index (κ1) is 11.8. The Morgan fingerprint density at radius 3 is 2.42 bits per heavy atom. The van der Waals surface area contributed by atoms with Crippen molar-refractivity contribution >= 4 is 23.2 Å². The van der Waals surface area contributed by atoms with Crippen molar-refractivity contribution in [3.05, 3.63) is 34.4 Å². The molecule has 0 aromatic rings. The van der Waals surface area contributed by atoms with Gasteiger partial charge in [0, 0.05) is 16.7 Å². The second kappa shape index (κ2) is 6.30. The molecule has 0 amide bonds. The van der Waals surface area contributed by atoms with E-state index in [0.29, 0.717) is 22.1 Å². The van der Waals surface area contributed by atoms with E-state index < -0.39 is 0 Å². The molecular formula is C9H12Cl2O. The smallest absolute Gasteiger partial charge is 0.0472 e. The molecule has 68 valence electrons. The lowest BCUT2D eigenvalue weighted by Gasteiger charge is -2.03. The number of allylic oxidation sites excluding steroid dienone is 4. The van der Waals surface area contributed by atoms with Crippen LogP contribution >= 0.6 is 23.2 Å².